The van der Waals surface area contributed by atoms with E-state index < -0.39 is 6.09 Å². The van der Waals surface area contributed by atoms with Gasteiger partial charge in [0.1, 0.15) is 0 Å². The predicted molar refractivity (Wildman–Crippen MR) is 65.1 cm³/mol. The second-order valence-corrected chi connectivity index (χ2v) is 6.41. The second kappa shape index (κ2) is 3.87. The van der Waals surface area contributed by atoms with E-state index in [2.05, 4.69) is 10.6 Å². The van der Waals surface area contributed by atoms with Crippen LogP contribution in [-0.2, 0) is 4.79 Å². The molecule has 0 spiro atoms. The zero-order chi connectivity index (χ0) is 12.9. The highest BCUT2D eigenvalue weighted by Gasteiger charge is 2.56. The summed E-state index contributed by atoms with van der Waals surface area (Å²) in [6.45, 7) is 1.57. The monoisotopic (exact) mass is 252 g/mol. The van der Waals surface area contributed by atoms with Crippen molar-refractivity contribution in [3.63, 3.8) is 0 Å². The van der Waals surface area contributed by atoms with Crippen molar-refractivity contribution in [2.45, 2.75) is 50.6 Å². The average Bonchev–Trinajstić information content (AvgIpc) is 2.20. The van der Waals surface area contributed by atoms with Gasteiger partial charge in [-0.1, -0.05) is 0 Å². The zero-order valence-corrected chi connectivity index (χ0v) is 10.6. The van der Waals surface area contributed by atoms with Gasteiger partial charge in [-0.15, -0.1) is 0 Å². The van der Waals surface area contributed by atoms with Gasteiger partial charge in [0, 0.05) is 18.5 Å². The number of carbonyl (C=O) groups excluding carboxylic acids is 1. The summed E-state index contributed by atoms with van der Waals surface area (Å²) in [5.74, 6) is 1.51. The Balaban J connectivity index is 1.79. The lowest BCUT2D eigenvalue weighted by Crippen LogP contribution is -2.66. The minimum absolute atomic E-state index is 0.0414. The van der Waals surface area contributed by atoms with Gasteiger partial charge in [0.2, 0.25) is 5.91 Å². The molecule has 4 fully saturated rings. The van der Waals surface area contributed by atoms with Crippen molar-refractivity contribution < 1.29 is 14.7 Å². The smallest absolute Gasteiger partial charge is 0.404 e. The standard InChI is InChI=1S/C13H20N2O3/c1-7(16)15-13-4-8-2-9(5-13)11(14-12(17)18)10(3-8)6-13/h8-11,14H,2-6H2,1H3,(H,15,16)(H,17,18). The van der Waals surface area contributed by atoms with E-state index in [1.54, 1.807) is 6.92 Å². The highest BCUT2D eigenvalue weighted by atomic mass is 16.4. The van der Waals surface area contributed by atoms with Gasteiger partial charge in [0.15, 0.2) is 0 Å². The lowest BCUT2D eigenvalue weighted by molar-refractivity contribution is -0.125. The van der Waals surface area contributed by atoms with Crippen LogP contribution in [0.5, 0.6) is 0 Å². The first-order chi connectivity index (χ1) is 8.47. The van der Waals surface area contributed by atoms with E-state index in [9.17, 15) is 9.59 Å². The molecule has 4 bridgehead atoms. The van der Waals surface area contributed by atoms with Gasteiger partial charge in [-0.25, -0.2) is 4.79 Å². The van der Waals surface area contributed by atoms with Crippen LogP contribution >= 0.6 is 0 Å². The molecule has 5 nitrogen and oxygen atoms in total. The van der Waals surface area contributed by atoms with Crippen LogP contribution in [0.25, 0.3) is 0 Å². The minimum atomic E-state index is -0.916. The number of amides is 2. The van der Waals surface area contributed by atoms with Crippen molar-refractivity contribution in [2.24, 2.45) is 17.8 Å². The Morgan fingerprint density at radius 3 is 2.28 bits per heavy atom. The van der Waals surface area contributed by atoms with E-state index in [-0.39, 0.29) is 17.5 Å². The van der Waals surface area contributed by atoms with Crippen molar-refractivity contribution in [3.8, 4) is 0 Å². The molecule has 4 rings (SSSR count). The van der Waals surface area contributed by atoms with Gasteiger partial charge in [-0.2, -0.15) is 0 Å². The lowest BCUT2D eigenvalue weighted by atomic mass is 9.51. The molecule has 4 saturated carbocycles. The molecule has 0 saturated heterocycles. The predicted octanol–water partition coefficient (Wildman–Crippen LogP) is 1.34. The third-order valence-corrected chi connectivity index (χ3v) is 5.00. The van der Waals surface area contributed by atoms with E-state index in [0.717, 1.165) is 32.1 Å². The molecule has 4 aliphatic carbocycles. The molecule has 3 N–H and O–H groups in total. The summed E-state index contributed by atoms with van der Waals surface area (Å²) in [4.78, 5) is 22.2. The lowest BCUT2D eigenvalue weighted by Gasteiger charge is -2.59. The number of rotatable bonds is 2. The molecule has 100 valence electrons. The van der Waals surface area contributed by atoms with Crippen LogP contribution in [0.1, 0.15) is 39.0 Å². The fourth-order valence-corrected chi connectivity index (χ4v) is 4.93. The van der Waals surface area contributed by atoms with E-state index in [1.807, 2.05) is 0 Å². The maximum absolute atomic E-state index is 11.4. The highest BCUT2D eigenvalue weighted by molar-refractivity contribution is 5.74. The molecular weight excluding hydrogens is 232 g/mol. The first kappa shape index (κ1) is 11.8. The van der Waals surface area contributed by atoms with Gasteiger partial charge < -0.3 is 15.7 Å². The number of hydrogen-bond donors (Lipinski definition) is 3. The van der Waals surface area contributed by atoms with E-state index in [0.29, 0.717) is 17.8 Å². The topological polar surface area (TPSA) is 78.4 Å². The molecule has 0 aromatic rings. The van der Waals surface area contributed by atoms with Crippen LogP contribution in [0.2, 0.25) is 0 Å². The van der Waals surface area contributed by atoms with Crippen LogP contribution in [0, 0.1) is 17.8 Å². The SMILES string of the molecule is CC(=O)NC12CC3CC(C1)C(NC(=O)O)C(C3)C2. The van der Waals surface area contributed by atoms with E-state index >= 15 is 0 Å². The van der Waals surface area contributed by atoms with Gasteiger partial charge in [0.05, 0.1) is 0 Å². The van der Waals surface area contributed by atoms with Crippen LogP contribution in [0.15, 0.2) is 0 Å². The van der Waals surface area contributed by atoms with Crippen molar-refractivity contribution in [2.75, 3.05) is 0 Å². The molecule has 4 aliphatic rings. The summed E-state index contributed by atoms with van der Waals surface area (Å²) < 4.78 is 0. The summed E-state index contributed by atoms with van der Waals surface area (Å²) >= 11 is 0. The summed E-state index contributed by atoms with van der Waals surface area (Å²) in [5.41, 5.74) is -0.0426. The molecule has 2 amide bonds. The van der Waals surface area contributed by atoms with Crippen LogP contribution in [0.3, 0.4) is 0 Å². The Kier molecular flexibility index (Phi) is 2.54. The Labute approximate surface area is 106 Å². The molecule has 0 heterocycles. The Morgan fingerprint density at radius 1 is 1.17 bits per heavy atom. The Hall–Kier alpha value is -1.26. The maximum Gasteiger partial charge on any atom is 0.404 e. The van der Waals surface area contributed by atoms with Crippen LogP contribution in [0.4, 0.5) is 4.79 Å². The Bertz CT molecular complexity index is 380. The molecule has 18 heavy (non-hydrogen) atoms. The van der Waals surface area contributed by atoms with Crippen molar-refractivity contribution in [1.82, 2.24) is 10.6 Å². The van der Waals surface area contributed by atoms with E-state index in [1.165, 1.54) is 0 Å². The normalized spacial score (nSPS) is 44.7. The van der Waals surface area contributed by atoms with Gasteiger partial charge in [-0.3, -0.25) is 4.79 Å². The molecule has 0 radical (unpaired) electrons. The molecule has 5 heteroatoms. The Morgan fingerprint density at radius 2 is 1.78 bits per heavy atom. The molecule has 0 aliphatic heterocycles. The molecule has 0 aromatic carbocycles. The van der Waals surface area contributed by atoms with Gasteiger partial charge >= 0.3 is 6.09 Å². The molecule has 0 aromatic heterocycles. The van der Waals surface area contributed by atoms with Crippen molar-refractivity contribution in [1.29, 1.82) is 0 Å². The number of nitrogens with one attached hydrogen (secondary N) is 2. The van der Waals surface area contributed by atoms with Gasteiger partial charge in [0.25, 0.3) is 0 Å². The van der Waals surface area contributed by atoms with Gasteiger partial charge in [-0.05, 0) is 49.9 Å². The van der Waals surface area contributed by atoms with E-state index in [4.69, 9.17) is 5.11 Å². The third kappa shape index (κ3) is 1.85. The van der Waals surface area contributed by atoms with Crippen molar-refractivity contribution >= 4 is 12.0 Å². The minimum Gasteiger partial charge on any atom is -0.465 e. The summed E-state index contributed by atoms with van der Waals surface area (Å²) in [7, 11) is 0. The number of carbonyl (C=O) groups is 2. The first-order valence-corrected chi connectivity index (χ1v) is 6.76. The molecule has 2 atom stereocenters. The maximum atomic E-state index is 11.4. The van der Waals surface area contributed by atoms with Crippen LogP contribution < -0.4 is 10.6 Å². The van der Waals surface area contributed by atoms with Crippen LogP contribution in [-0.4, -0.2) is 28.7 Å². The fraction of sp³-hybridized carbons (Fsp3) is 0.846. The second-order valence-electron chi connectivity index (χ2n) is 6.41. The van der Waals surface area contributed by atoms with Crippen molar-refractivity contribution in [3.05, 3.63) is 0 Å². The quantitative estimate of drug-likeness (QED) is 0.694. The number of carboxylic acid groups (broad SMARTS) is 1. The summed E-state index contributed by atoms with van der Waals surface area (Å²) in [5, 5.41) is 14.8. The summed E-state index contributed by atoms with van der Waals surface area (Å²) in [6, 6.07) is 0.0981. The largest absolute Gasteiger partial charge is 0.465 e. The molecule has 2 unspecified atom stereocenters. The summed E-state index contributed by atoms with van der Waals surface area (Å²) in [6.07, 6.45) is 4.26. The third-order valence-electron chi connectivity index (χ3n) is 5.00. The first-order valence-electron chi connectivity index (χ1n) is 6.76. The number of hydrogen-bond acceptors (Lipinski definition) is 2. The fourth-order valence-electron chi connectivity index (χ4n) is 4.93. The molecular formula is C13H20N2O3. The highest BCUT2D eigenvalue weighted by Crippen LogP contribution is 2.55. The zero-order valence-electron chi connectivity index (χ0n) is 10.6. The average molecular weight is 252 g/mol.